The minimum Gasteiger partial charge on any atom is -0.0877 e. The van der Waals surface area contributed by atoms with Crippen molar-refractivity contribution >= 4 is 0 Å². The van der Waals surface area contributed by atoms with Crippen molar-refractivity contribution in [3.05, 3.63) is 47.5 Å². The van der Waals surface area contributed by atoms with Crippen LogP contribution in [0.4, 0.5) is 0 Å². The first-order chi connectivity index (χ1) is 7.09. The molecule has 82 valence electrons. The van der Waals surface area contributed by atoms with Crippen molar-refractivity contribution in [2.45, 2.75) is 40.0 Å². The predicted molar refractivity (Wildman–Crippen MR) is 68.2 cm³/mol. The molecule has 0 N–H and O–H groups in total. The second-order valence-corrected chi connectivity index (χ2v) is 4.72. The number of rotatable bonds is 4. The highest BCUT2D eigenvalue weighted by Gasteiger charge is 2.02. The van der Waals surface area contributed by atoms with Gasteiger partial charge in [-0.3, -0.25) is 0 Å². The lowest BCUT2D eigenvalue weighted by atomic mass is 9.96. The Kier molecular flexibility index (Phi) is 4.61. The Morgan fingerprint density at radius 2 is 1.67 bits per heavy atom. The van der Waals surface area contributed by atoms with Crippen LogP contribution in [0.3, 0.4) is 0 Å². The number of benzene rings is 1. The van der Waals surface area contributed by atoms with E-state index in [0.29, 0.717) is 11.8 Å². The van der Waals surface area contributed by atoms with Gasteiger partial charge in [-0.15, -0.1) is 0 Å². The smallest absolute Gasteiger partial charge is 0.0156 e. The summed E-state index contributed by atoms with van der Waals surface area (Å²) in [5, 5.41) is 0. The zero-order chi connectivity index (χ0) is 11.3. The normalized spacial score (nSPS) is 13.7. The molecule has 0 amide bonds. The third-order valence-electron chi connectivity index (χ3n) is 2.66. The van der Waals surface area contributed by atoms with E-state index in [2.05, 4.69) is 64.1 Å². The number of hydrogen-bond donors (Lipinski definition) is 0. The van der Waals surface area contributed by atoms with Gasteiger partial charge in [-0.1, -0.05) is 62.8 Å². The molecule has 0 heterocycles. The quantitative estimate of drug-likeness (QED) is 0.621. The van der Waals surface area contributed by atoms with E-state index < -0.39 is 0 Å². The molecule has 0 spiro atoms. The van der Waals surface area contributed by atoms with Crippen molar-refractivity contribution in [3.8, 4) is 0 Å². The lowest BCUT2D eigenvalue weighted by Gasteiger charge is -2.09. The Hall–Kier alpha value is -1.04. The van der Waals surface area contributed by atoms with Crippen molar-refractivity contribution in [2.24, 2.45) is 5.92 Å². The number of hydrogen-bond acceptors (Lipinski definition) is 0. The summed E-state index contributed by atoms with van der Waals surface area (Å²) in [5.74, 6) is 1.29. The molecule has 0 heteroatoms. The Morgan fingerprint density at radius 1 is 1.07 bits per heavy atom. The highest BCUT2D eigenvalue weighted by molar-refractivity contribution is 5.24. The maximum absolute atomic E-state index is 2.30. The molecular formula is C15H22. The summed E-state index contributed by atoms with van der Waals surface area (Å²) in [7, 11) is 0. The van der Waals surface area contributed by atoms with Gasteiger partial charge in [0.05, 0.1) is 0 Å². The van der Waals surface area contributed by atoms with Crippen LogP contribution in [0.2, 0.25) is 0 Å². The average molecular weight is 202 g/mol. The molecule has 0 radical (unpaired) electrons. The summed E-state index contributed by atoms with van der Waals surface area (Å²) < 4.78 is 0. The van der Waals surface area contributed by atoms with Gasteiger partial charge in [-0.25, -0.2) is 0 Å². The van der Waals surface area contributed by atoms with Crippen LogP contribution in [0.15, 0.2) is 36.4 Å². The van der Waals surface area contributed by atoms with Gasteiger partial charge >= 0.3 is 0 Å². The van der Waals surface area contributed by atoms with E-state index in [4.69, 9.17) is 0 Å². The summed E-state index contributed by atoms with van der Waals surface area (Å²) in [6.07, 6.45) is 5.72. The Morgan fingerprint density at radius 3 is 2.20 bits per heavy atom. The van der Waals surface area contributed by atoms with Gasteiger partial charge < -0.3 is 0 Å². The van der Waals surface area contributed by atoms with Crippen molar-refractivity contribution in [1.29, 1.82) is 0 Å². The molecule has 0 saturated carbocycles. The van der Waals surface area contributed by atoms with Gasteiger partial charge in [0, 0.05) is 0 Å². The molecular weight excluding hydrogens is 180 g/mol. The summed E-state index contributed by atoms with van der Waals surface area (Å²) >= 11 is 0. The summed E-state index contributed by atoms with van der Waals surface area (Å²) in [6.45, 7) is 8.85. The summed E-state index contributed by atoms with van der Waals surface area (Å²) in [5.41, 5.74) is 2.78. The van der Waals surface area contributed by atoms with Gasteiger partial charge in [0.1, 0.15) is 0 Å². The second-order valence-electron chi connectivity index (χ2n) is 4.72. The second kappa shape index (κ2) is 5.75. The molecule has 1 atom stereocenters. The average Bonchev–Trinajstić information content (AvgIpc) is 2.18. The van der Waals surface area contributed by atoms with E-state index >= 15 is 0 Å². The number of allylic oxidation sites excluding steroid dienone is 2. The van der Waals surface area contributed by atoms with Crippen LogP contribution in [0.5, 0.6) is 0 Å². The highest BCUT2D eigenvalue weighted by Crippen LogP contribution is 2.19. The lowest BCUT2D eigenvalue weighted by Crippen LogP contribution is -1.91. The molecule has 1 rings (SSSR count). The summed E-state index contributed by atoms with van der Waals surface area (Å²) in [4.78, 5) is 0. The highest BCUT2D eigenvalue weighted by atomic mass is 14.1. The molecule has 1 unspecified atom stereocenters. The van der Waals surface area contributed by atoms with E-state index in [1.807, 2.05) is 0 Å². The largest absolute Gasteiger partial charge is 0.0877 e. The van der Waals surface area contributed by atoms with Crippen LogP contribution in [-0.2, 0) is 0 Å². The Bertz CT molecular complexity index is 303. The molecule has 0 aromatic heterocycles. The third-order valence-corrected chi connectivity index (χ3v) is 2.66. The fraction of sp³-hybridized carbons (Fsp3) is 0.467. The summed E-state index contributed by atoms with van der Waals surface area (Å²) in [6, 6.07) is 8.86. The maximum atomic E-state index is 2.30. The van der Waals surface area contributed by atoms with Crippen LogP contribution in [-0.4, -0.2) is 0 Å². The molecule has 0 aliphatic carbocycles. The van der Waals surface area contributed by atoms with Crippen LogP contribution in [0.1, 0.15) is 44.2 Å². The van der Waals surface area contributed by atoms with Gasteiger partial charge in [0.2, 0.25) is 0 Å². The Labute approximate surface area is 94.0 Å². The van der Waals surface area contributed by atoms with Crippen LogP contribution < -0.4 is 0 Å². The van der Waals surface area contributed by atoms with Crippen LogP contribution in [0.25, 0.3) is 0 Å². The molecule has 1 aromatic rings. The van der Waals surface area contributed by atoms with Crippen molar-refractivity contribution in [1.82, 2.24) is 0 Å². The fourth-order valence-corrected chi connectivity index (χ4v) is 1.59. The zero-order valence-corrected chi connectivity index (χ0v) is 10.3. The van der Waals surface area contributed by atoms with Crippen LogP contribution in [0, 0.1) is 12.8 Å². The maximum Gasteiger partial charge on any atom is -0.0156 e. The number of aryl methyl sites for hydroxylation is 1. The molecule has 0 bridgehead atoms. The molecule has 1 aromatic carbocycles. The van der Waals surface area contributed by atoms with E-state index in [1.165, 1.54) is 11.1 Å². The fourth-order valence-electron chi connectivity index (χ4n) is 1.59. The minimum atomic E-state index is 0.626. The van der Waals surface area contributed by atoms with Gasteiger partial charge in [0.15, 0.2) is 0 Å². The molecule has 0 aliphatic heterocycles. The third kappa shape index (κ3) is 4.33. The van der Waals surface area contributed by atoms with Crippen molar-refractivity contribution < 1.29 is 0 Å². The Balaban J connectivity index is 2.53. The first-order valence-electron chi connectivity index (χ1n) is 5.83. The monoisotopic (exact) mass is 202 g/mol. The standard InChI is InChI=1S/C15H22/c1-12(2)6-5-7-14(4)15-10-8-13(3)9-11-15/h5-6,8-12,14H,7H2,1-4H3/b6-5+. The van der Waals surface area contributed by atoms with E-state index in [0.717, 1.165) is 6.42 Å². The molecule has 0 fully saturated rings. The predicted octanol–water partition coefficient (Wildman–Crippen LogP) is 4.70. The molecule has 0 nitrogen and oxygen atoms in total. The minimum absolute atomic E-state index is 0.626. The molecule has 15 heavy (non-hydrogen) atoms. The SMILES string of the molecule is Cc1ccc(C(C)C/C=C/C(C)C)cc1. The van der Waals surface area contributed by atoms with Crippen molar-refractivity contribution in [3.63, 3.8) is 0 Å². The zero-order valence-electron chi connectivity index (χ0n) is 10.3. The van der Waals surface area contributed by atoms with E-state index in [-0.39, 0.29) is 0 Å². The van der Waals surface area contributed by atoms with Gasteiger partial charge in [-0.2, -0.15) is 0 Å². The first kappa shape index (κ1) is 12.0. The molecule has 0 saturated heterocycles. The lowest BCUT2D eigenvalue weighted by molar-refractivity contribution is 0.762. The van der Waals surface area contributed by atoms with E-state index in [9.17, 15) is 0 Å². The topological polar surface area (TPSA) is 0 Å². The first-order valence-corrected chi connectivity index (χ1v) is 5.83. The van der Waals surface area contributed by atoms with Gasteiger partial charge in [0.25, 0.3) is 0 Å². The van der Waals surface area contributed by atoms with Crippen LogP contribution >= 0.6 is 0 Å². The van der Waals surface area contributed by atoms with Gasteiger partial charge in [-0.05, 0) is 30.7 Å². The molecule has 0 aliphatic rings. The van der Waals surface area contributed by atoms with Crippen molar-refractivity contribution in [2.75, 3.05) is 0 Å². The van der Waals surface area contributed by atoms with E-state index in [1.54, 1.807) is 0 Å².